The summed E-state index contributed by atoms with van der Waals surface area (Å²) < 4.78 is 0. The molecule has 0 spiro atoms. The van der Waals surface area contributed by atoms with Gasteiger partial charge in [-0.05, 0) is 0 Å². The molecule has 0 aromatic carbocycles. The molecule has 252 valence electrons. The Labute approximate surface area is 257 Å². The Bertz CT molecular complexity index is 912. The molecule has 0 aromatic rings. The second kappa shape index (κ2) is 11.0. The number of fused-ring (bicyclic) bond motifs is 6. The minimum Gasteiger partial charge on any atom is -0.303 e. The van der Waals surface area contributed by atoms with Crippen LogP contribution >= 0.6 is 0 Å². The highest BCUT2D eigenvalue weighted by Crippen LogP contribution is 2.19. The molecule has 10 rings (SSSR count). The summed E-state index contributed by atoms with van der Waals surface area (Å²) in [4.78, 5) is 6.51. The highest BCUT2D eigenvalue weighted by Gasteiger charge is 2.52. The van der Waals surface area contributed by atoms with Crippen LogP contribution in [-0.2, 0) is 0 Å². The third kappa shape index (κ3) is 5.08. The molecule has 0 aliphatic carbocycles. The lowest BCUT2D eigenvalue weighted by atomic mass is 10.3. The third-order valence-corrected chi connectivity index (χ3v) is 9.60. The number of rotatable bonds is 0. The van der Waals surface area contributed by atoms with Gasteiger partial charge in [-0.25, -0.2) is 14.7 Å². The molecule has 0 saturated carbocycles. The Kier molecular flexibility index (Phi) is 7.04. The van der Waals surface area contributed by atoms with E-state index in [1.807, 2.05) is 0 Å². The SMILES string of the molecule is NC1NC2NC3NC4NC5NC(N)NC6NC(NC7NC8NC(N)NC9NC(NC%10NC(N1)N2C(N3)N%10)NC(N7)N98)NC(N4)N56. The van der Waals surface area contributed by atoms with Gasteiger partial charge in [-0.2, -0.15) is 0 Å². The molecule has 27 N–H and O–H groups in total. The van der Waals surface area contributed by atoms with Crippen LogP contribution < -0.4 is 129 Å². The normalized spacial score (nSPS) is 58.2. The number of nitrogens with two attached hydrogens (primary N) is 3. The molecule has 27 nitrogen and oxygen atoms in total. The van der Waals surface area contributed by atoms with E-state index < -0.39 is 18.9 Å². The maximum Gasteiger partial charge on any atom is 0.123 e. The van der Waals surface area contributed by atoms with E-state index >= 15 is 0 Å². The van der Waals surface area contributed by atoms with Crippen LogP contribution in [0.4, 0.5) is 0 Å². The number of hydrogen-bond acceptors (Lipinski definition) is 27. The average molecular weight is 640 g/mol. The van der Waals surface area contributed by atoms with Crippen molar-refractivity contribution in [1.82, 2.24) is 126 Å². The van der Waals surface area contributed by atoms with Crippen molar-refractivity contribution in [3.05, 3.63) is 0 Å². The Hall–Kier alpha value is -1.08. The molecule has 0 aromatic heterocycles. The molecule has 0 radical (unpaired) electrons. The van der Waals surface area contributed by atoms with E-state index in [2.05, 4.69) is 126 Å². The van der Waals surface area contributed by atoms with Crippen molar-refractivity contribution in [1.29, 1.82) is 0 Å². The van der Waals surface area contributed by atoms with Crippen molar-refractivity contribution in [2.75, 3.05) is 0 Å². The van der Waals surface area contributed by atoms with Crippen molar-refractivity contribution in [2.45, 2.75) is 113 Å². The van der Waals surface area contributed by atoms with E-state index in [0.29, 0.717) is 0 Å². The summed E-state index contributed by atoms with van der Waals surface area (Å²) in [5.74, 6) is 0. The maximum absolute atomic E-state index is 6.38. The maximum atomic E-state index is 6.38. The monoisotopic (exact) mass is 639 g/mol. The van der Waals surface area contributed by atoms with Gasteiger partial charge in [-0.3, -0.25) is 112 Å². The van der Waals surface area contributed by atoms with Crippen LogP contribution in [0, 0.1) is 0 Å². The van der Waals surface area contributed by atoms with Crippen LogP contribution in [0.3, 0.4) is 0 Å². The van der Waals surface area contributed by atoms with Gasteiger partial charge in [0.25, 0.3) is 0 Å². The summed E-state index contributed by atoms with van der Waals surface area (Å²) in [5.41, 5.74) is 19.1. The van der Waals surface area contributed by atoms with Crippen LogP contribution in [0.25, 0.3) is 0 Å². The number of hydrogen-bond donors (Lipinski definition) is 24. The molecule has 45 heavy (non-hydrogen) atoms. The third-order valence-electron chi connectivity index (χ3n) is 9.60. The van der Waals surface area contributed by atoms with Crippen molar-refractivity contribution in [2.24, 2.45) is 17.2 Å². The van der Waals surface area contributed by atoms with Gasteiger partial charge >= 0.3 is 0 Å². The van der Waals surface area contributed by atoms with Crippen molar-refractivity contribution in [3.63, 3.8) is 0 Å². The van der Waals surface area contributed by atoms with E-state index in [4.69, 9.17) is 17.2 Å². The molecule has 10 heterocycles. The first kappa shape index (κ1) is 28.9. The molecular formula is C18H45N27. The molecule has 12 atom stereocenters. The van der Waals surface area contributed by atoms with Gasteiger partial charge < -0.3 is 17.2 Å². The molecule has 0 amide bonds. The lowest BCUT2D eigenvalue weighted by Crippen LogP contribution is -2.96. The van der Waals surface area contributed by atoms with Gasteiger partial charge in [0, 0.05) is 0 Å². The molecule has 9 bridgehead atoms. The molecular weight excluding hydrogens is 594 g/mol. The zero-order chi connectivity index (χ0) is 30.0. The van der Waals surface area contributed by atoms with Crippen LogP contribution in [-0.4, -0.2) is 128 Å². The van der Waals surface area contributed by atoms with E-state index in [1.165, 1.54) is 0 Å². The summed E-state index contributed by atoms with van der Waals surface area (Å²) in [7, 11) is 0. The van der Waals surface area contributed by atoms with E-state index in [9.17, 15) is 0 Å². The topological polar surface area (TPSA) is 340 Å². The second-order valence-corrected chi connectivity index (χ2v) is 12.5. The van der Waals surface area contributed by atoms with Gasteiger partial charge in [0.15, 0.2) is 0 Å². The zero-order valence-corrected chi connectivity index (χ0v) is 24.0. The first-order chi connectivity index (χ1) is 21.9. The zero-order valence-electron chi connectivity index (χ0n) is 24.0. The van der Waals surface area contributed by atoms with Crippen molar-refractivity contribution >= 4 is 0 Å². The Morgan fingerprint density at radius 3 is 0.556 bits per heavy atom. The summed E-state index contributed by atoms with van der Waals surface area (Å²) in [6.45, 7) is 0. The van der Waals surface area contributed by atoms with E-state index in [0.717, 1.165) is 0 Å². The van der Waals surface area contributed by atoms with Gasteiger partial charge in [0.1, 0.15) is 113 Å². The highest BCUT2D eigenvalue weighted by atomic mass is 15.8. The quantitative estimate of drug-likeness (QED) is 0.117. The fourth-order valence-electron chi connectivity index (χ4n) is 7.75. The van der Waals surface area contributed by atoms with Gasteiger partial charge in [-0.15, -0.1) is 0 Å². The smallest absolute Gasteiger partial charge is 0.123 e. The summed E-state index contributed by atoms with van der Waals surface area (Å²) in [6.07, 6.45) is -5.64. The predicted molar refractivity (Wildman–Crippen MR) is 152 cm³/mol. The van der Waals surface area contributed by atoms with Crippen LogP contribution in [0.2, 0.25) is 0 Å². The Morgan fingerprint density at radius 2 is 0.378 bits per heavy atom. The summed E-state index contributed by atoms with van der Waals surface area (Å²) in [5, 5.41) is 74.5. The van der Waals surface area contributed by atoms with Crippen molar-refractivity contribution < 1.29 is 0 Å². The van der Waals surface area contributed by atoms with E-state index in [1.54, 1.807) is 0 Å². The first-order valence-corrected chi connectivity index (χ1v) is 15.4. The minimum atomic E-state index is -0.444. The van der Waals surface area contributed by atoms with Gasteiger partial charge in [0.05, 0.1) is 0 Å². The summed E-state index contributed by atoms with van der Waals surface area (Å²) >= 11 is 0. The summed E-state index contributed by atoms with van der Waals surface area (Å²) in [6, 6.07) is 0. The van der Waals surface area contributed by atoms with Crippen molar-refractivity contribution in [3.8, 4) is 0 Å². The van der Waals surface area contributed by atoms with Crippen LogP contribution in [0.15, 0.2) is 0 Å². The molecule has 10 aliphatic rings. The molecule has 10 aliphatic heterocycles. The predicted octanol–water partition coefficient (Wildman–Crippen LogP) is -14.6. The molecule has 10 fully saturated rings. The second-order valence-electron chi connectivity index (χ2n) is 12.5. The molecule has 12 unspecified atom stereocenters. The molecule has 10 saturated heterocycles. The first-order valence-electron chi connectivity index (χ1n) is 15.4. The average Bonchev–Trinajstić information content (AvgIpc) is 2.95. The fraction of sp³-hybridized carbons (Fsp3) is 1.00. The standard InChI is InChI=1S/C18H45N27/c19-1-22-10-31-4-28-6-33-12-24-2(20)26-14-35-8(41-17(39-6)44(12)14)30-9-36-15-27-3(21)25-13-34-7(40-18(42-9)45(13)15)29-5-32-11(23-1)43(10)16(37-4)38-5/h1-18,22-42H,19-21H2. The molecule has 27 heteroatoms. The van der Waals surface area contributed by atoms with Gasteiger partial charge in [0.2, 0.25) is 0 Å². The fourth-order valence-corrected chi connectivity index (χ4v) is 7.75. The van der Waals surface area contributed by atoms with Crippen LogP contribution in [0.5, 0.6) is 0 Å². The highest BCUT2D eigenvalue weighted by molar-refractivity contribution is 5.01. The Morgan fingerprint density at radius 1 is 0.222 bits per heavy atom. The lowest BCUT2D eigenvalue weighted by Gasteiger charge is -2.61. The number of nitrogens with one attached hydrogen (secondary N) is 21. The Balaban J connectivity index is 0.986. The minimum absolute atomic E-state index is 0.255. The largest absolute Gasteiger partial charge is 0.303 e. The van der Waals surface area contributed by atoms with Gasteiger partial charge in [-0.1, -0.05) is 0 Å². The number of nitrogens with zero attached hydrogens (tertiary/aromatic N) is 3. The van der Waals surface area contributed by atoms with E-state index in [-0.39, 0.29) is 94.3 Å². The van der Waals surface area contributed by atoms with Crippen LogP contribution in [0.1, 0.15) is 0 Å². The lowest BCUT2D eigenvalue weighted by molar-refractivity contribution is -0.168.